The molecule has 0 radical (unpaired) electrons. The first-order valence-electron chi connectivity index (χ1n) is 6.12. The van der Waals surface area contributed by atoms with Gasteiger partial charge in [0, 0.05) is 42.1 Å². The van der Waals surface area contributed by atoms with Crippen molar-refractivity contribution < 1.29 is 9.84 Å². The molecule has 6 heteroatoms. The van der Waals surface area contributed by atoms with E-state index in [4.69, 9.17) is 4.74 Å². The van der Waals surface area contributed by atoms with Gasteiger partial charge in [0.15, 0.2) is 0 Å². The molecule has 0 aliphatic carbocycles. The minimum absolute atomic E-state index is 0. The normalized spacial score (nSPS) is 22.1. The fraction of sp³-hybridized carbons (Fsp3) is 0.538. The van der Waals surface area contributed by atoms with Crippen LogP contribution in [0.2, 0.25) is 0 Å². The topological polar surface area (TPSA) is 53.5 Å². The zero-order chi connectivity index (χ0) is 13.0. The maximum atomic E-state index is 9.70. The van der Waals surface area contributed by atoms with Crippen LogP contribution in [0, 0.1) is 5.92 Å². The number of halogens is 2. The lowest BCUT2D eigenvalue weighted by Gasteiger charge is -2.15. The standard InChI is InChI=1S/C13H19BrN2O2.ClH/c1-18-13-3-2-11(14)4-9(13)5-15-6-10-7-16-8-12(10)17;/h2-4,10,12,15-17H,5-8H2,1H3;1H. The minimum Gasteiger partial charge on any atom is -0.496 e. The van der Waals surface area contributed by atoms with Crippen molar-refractivity contribution >= 4 is 28.3 Å². The Bertz CT molecular complexity index is 406. The van der Waals surface area contributed by atoms with Crippen molar-refractivity contribution in [3.63, 3.8) is 0 Å². The summed E-state index contributed by atoms with van der Waals surface area (Å²) in [5.74, 6) is 1.18. The van der Waals surface area contributed by atoms with Crippen LogP contribution < -0.4 is 15.4 Å². The van der Waals surface area contributed by atoms with Crippen molar-refractivity contribution in [2.24, 2.45) is 5.92 Å². The van der Waals surface area contributed by atoms with Gasteiger partial charge in [-0.15, -0.1) is 12.4 Å². The number of benzene rings is 1. The predicted octanol–water partition coefficient (Wildman–Crippen LogP) is 1.55. The first kappa shape index (κ1) is 16.7. The van der Waals surface area contributed by atoms with E-state index < -0.39 is 0 Å². The highest BCUT2D eigenvalue weighted by Crippen LogP contribution is 2.22. The third kappa shape index (κ3) is 4.61. The maximum Gasteiger partial charge on any atom is 0.123 e. The molecule has 2 unspecified atom stereocenters. The Morgan fingerprint density at radius 2 is 2.26 bits per heavy atom. The summed E-state index contributed by atoms with van der Waals surface area (Å²) in [4.78, 5) is 0. The molecule has 1 heterocycles. The number of β-amino-alcohol motifs (C(OH)–C–C–N with tert-alkyl or cyclic N) is 1. The van der Waals surface area contributed by atoms with Gasteiger partial charge in [0.1, 0.15) is 5.75 Å². The average molecular weight is 352 g/mol. The van der Waals surface area contributed by atoms with Gasteiger partial charge >= 0.3 is 0 Å². The highest BCUT2D eigenvalue weighted by atomic mass is 79.9. The van der Waals surface area contributed by atoms with Gasteiger partial charge in [-0.25, -0.2) is 0 Å². The summed E-state index contributed by atoms with van der Waals surface area (Å²) in [5.41, 5.74) is 1.12. The first-order chi connectivity index (χ1) is 8.70. The second-order valence-electron chi connectivity index (χ2n) is 4.57. The van der Waals surface area contributed by atoms with E-state index in [1.165, 1.54) is 0 Å². The molecule has 0 spiro atoms. The van der Waals surface area contributed by atoms with E-state index in [2.05, 4.69) is 32.6 Å². The molecule has 1 aliphatic rings. The average Bonchev–Trinajstić information content (AvgIpc) is 2.76. The summed E-state index contributed by atoms with van der Waals surface area (Å²) >= 11 is 3.46. The van der Waals surface area contributed by atoms with Crippen molar-refractivity contribution in [1.29, 1.82) is 0 Å². The van der Waals surface area contributed by atoms with Gasteiger partial charge in [0.2, 0.25) is 0 Å². The third-order valence-electron chi connectivity index (χ3n) is 3.27. The highest BCUT2D eigenvalue weighted by molar-refractivity contribution is 9.10. The van der Waals surface area contributed by atoms with Crippen LogP contribution in [0.25, 0.3) is 0 Å². The van der Waals surface area contributed by atoms with Crippen LogP contribution in [0.15, 0.2) is 22.7 Å². The van der Waals surface area contributed by atoms with E-state index >= 15 is 0 Å². The fourth-order valence-corrected chi connectivity index (χ4v) is 2.61. The van der Waals surface area contributed by atoms with Crippen molar-refractivity contribution in [3.8, 4) is 5.75 Å². The SMILES string of the molecule is COc1ccc(Br)cc1CNCC1CNCC1O.Cl. The van der Waals surface area contributed by atoms with Crippen molar-refractivity contribution in [3.05, 3.63) is 28.2 Å². The number of nitrogens with one attached hydrogen (secondary N) is 2. The molecule has 1 saturated heterocycles. The van der Waals surface area contributed by atoms with E-state index in [-0.39, 0.29) is 18.5 Å². The largest absolute Gasteiger partial charge is 0.496 e. The van der Waals surface area contributed by atoms with Gasteiger partial charge in [0.05, 0.1) is 13.2 Å². The van der Waals surface area contributed by atoms with Crippen LogP contribution in [0.1, 0.15) is 5.56 Å². The zero-order valence-electron chi connectivity index (χ0n) is 10.9. The van der Waals surface area contributed by atoms with Crippen molar-refractivity contribution in [2.75, 3.05) is 26.7 Å². The summed E-state index contributed by atoms with van der Waals surface area (Å²) in [6.45, 7) is 3.13. The van der Waals surface area contributed by atoms with Crippen LogP contribution >= 0.6 is 28.3 Å². The number of hydrogen-bond donors (Lipinski definition) is 3. The Kier molecular flexibility index (Phi) is 7.10. The molecule has 3 N–H and O–H groups in total. The molecule has 2 rings (SSSR count). The van der Waals surface area contributed by atoms with E-state index in [1.54, 1.807) is 7.11 Å². The molecule has 108 valence electrons. The molecule has 1 fully saturated rings. The zero-order valence-corrected chi connectivity index (χ0v) is 13.3. The third-order valence-corrected chi connectivity index (χ3v) is 3.76. The van der Waals surface area contributed by atoms with Crippen LogP contribution in [0.3, 0.4) is 0 Å². The Morgan fingerprint density at radius 1 is 1.47 bits per heavy atom. The summed E-state index contributed by atoms with van der Waals surface area (Å²) in [6.07, 6.45) is -0.234. The Labute approximate surface area is 128 Å². The second-order valence-corrected chi connectivity index (χ2v) is 5.49. The Balaban J connectivity index is 0.00000180. The van der Waals surface area contributed by atoms with Crippen molar-refractivity contribution in [1.82, 2.24) is 10.6 Å². The number of rotatable bonds is 5. The minimum atomic E-state index is -0.234. The molecule has 0 amide bonds. The molecular formula is C13H20BrClN2O2. The fourth-order valence-electron chi connectivity index (χ4n) is 2.21. The summed E-state index contributed by atoms with van der Waals surface area (Å²) < 4.78 is 6.37. The molecule has 0 bridgehead atoms. The number of aliphatic hydroxyl groups is 1. The van der Waals surface area contributed by atoms with Crippen LogP contribution in [-0.4, -0.2) is 38.0 Å². The lowest BCUT2D eigenvalue weighted by Crippen LogP contribution is -2.30. The first-order valence-corrected chi connectivity index (χ1v) is 6.92. The summed E-state index contributed by atoms with van der Waals surface area (Å²) in [6, 6.07) is 5.97. The quantitative estimate of drug-likeness (QED) is 0.753. The van der Waals surface area contributed by atoms with E-state index in [9.17, 15) is 5.11 Å². The van der Waals surface area contributed by atoms with Crippen LogP contribution in [0.5, 0.6) is 5.75 Å². The number of methoxy groups -OCH3 is 1. The number of aliphatic hydroxyl groups excluding tert-OH is 1. The van der Waals surface area contributed by atoms with Gasteiger partial charge in [-0.3, -0.25) is 0 Å². The lowest BCUT2D eigenvalue weighted by atomic mass is 10.1. The van der Waals surface area contributed by atoms with E-state index in [1.807, 2.05) is 12.1 Å². The molecule has 4 nitrogen and oxygen atoms in total. The highest BCUT2D eigenvalue weighted by Gasteiger charge is 2.24. The second kappa shape index (κ2) is 8.07. The molecule has 1 aromatic carbocycles. The summed E-state index contributed by atoms with van der Waals surface area (Å²) in [7, 11) is 1.68. The van der Waals surface area contributed by atoms with Gasteiger partial charge in [-0.05, 0) is 18.2 Å². The molecular weight excluding hydrogens is 332 g/mol. The van der Waals surface area contributed by atoms with Gasteiger partial charge in [-0.1, -0.05) is 15.9 Å². The predicted molar refractivity (Wildman–Crippen MR) is 82.0 cm³/mol. The summed E-state index contributed by atoms with van der Waals surface area (Å²) in [5, 5.41) is 16.3. The molecule has 0 aromatic heterocycles. The maximum absolute atomic E-state index is 9.70. The van der Waals surface area contributed by atoms with Gasteiger partial charge < -0.3 is 20.5 Å². The van der Waals surface area contributed by atoms with Crippen LogP contribution in [0.4, 0.5) is 0 Å². The molecule has 19 heavy (non-hydrogen) atoms. The number of hydrogen-bond acceptors (Lipinski definition) is 4. The Morgan fingerprint density at radius 3 is 2.89 bits per heavy atom. The molecule has 0 saturated carbocycles. The molecule has 1 aromatic rings. The van der Waals surface area contributed by atoms with E-state index in [0.29, 0.717) is 12.5 Å². The van der Waals surface area contributed by atoms with Crippen molar-refractivity contribution in [2.45, 2.75) is 12.6 Å². The monoisotopic (exact) mass is 350 g/mol. The lowest BCUT2D eigenvalue weighted by molar-refractivity contribution is 0.146. The smallest absolute Gasteiger partial charge is 0.123 e. The molecule has 1 aliphatic heterocycles. The Hall–Kier alpha value is -0.330. The number of ether oxygens (including phenoxy) is 1. The molecule has 2 atom stereocenters. The van der Waals surface area contributed by atoms with E-state index in [0.717, 1.165) is 35.4 Å². The van der Waals surface area contributed by atoms with Crippen LogP contribution in [-0.2, 0) is 6.54 Å². The van der Waals surface area contributed by atoms with Gasteiger partial charge in [-0.2, -0.15) is 0 Å². The van der Waals surface area contributed by atoms with Gasteiger partial charge in [0.25, 0.3) is 0 Å².